The Labute approximate surface area is 263 Å². The van der Waals surface area contributed by atoms with Gasteiger partial charge >= 0.3 is 5.69 Å². The van der Waals surface area contributed by atoms with Crippen LogP contribution in [0.1, 0.15) is 26.5 Å². The van der Waals surface area contributed by atoms with Crippen molar-refractivity contribution in [2.24, 2.45) is 5.92 Å². The first kappa shape index (κ1) is 31.6. The second kappa shape index (κ2) is 13.1. The molecule has 0 N–H and O–H groups in total. The van der Waals surface area contributed by atoms with E-state index in [1.165, 1.54) is 46.3 Å². The number of amides is 1. The van der Waals surface area contributed by atoms with Crippen molar-refractivity contribution < 1.29 is 13.6 Å². The van der Waals surface area contributed by atoms with Gasteiger partial charge in [-0.15, -0.1) is 23.5 Å². The number of thioether (sulfide) groups is 2. The zero-order valence-corrected chi connectivity index (χ0v) is 26.9. The van der Waals surface area contributed by atoms with Gasteiger partial charge in [0.2, 0.25) is 5.91 Å². The number of halogens is 2. The van der Waals surface area contributed by atoms with Crippen LogP contribution in [0.4, 0.5) is 14.6 Å². The second-order valence-electron chi connectivity index (χ2n) is 11.0. The van der Waals surface area contributed by atoms with Crippen molar-refractivity contribution in [2.75, 3.05) is 37.0 Å². The summed E-state index contributed by atoms with van der Waals surface area (Å²) in [5, 5.41) is 0.301. The second-order valence-corrected chi connectivity index (χ2v) is 12.7. The fourth-order valence-electron chi connectivity index (χ4n) is 5.62. The van der Waals surface area contributed by atoms with Crippen LogP contribution in [-0.4, -0.2) is 68.5 Å². The molecule has 3 aromatic heterocycles. The molecule has 1 aliphatic heterocycles. The van der Waals surface area contributed by atoms with Gasteiger partial charge in [-0.3, -0.25) is 9.78 Å². The van der Waals surface area contributed by atoms with Crippen LogP contribution in [0.5, 0.6) is 0 Å². The lowest BCUT2D eigenvalue weighted by Crippen LogP contribution is -2.54. The van der Waals surface area contributed by atoms with Gasteiger partial charge in [-0.25, -0.2) is 23.1 Å². The summed E-state index contributed by atoms with van der Waals surface area (Å²) in [5.74, 6) is -1.05. The average molecular weight is 637 g/mol. The number of pyridine rings is 2. The van der Waals surface area contributed by atoms with Crippen molar-refractivity contribution >= 4 is 46.3 Å². The minimum Gasteiger partial charge on any atom is -0.350 e. The number of nitrogens with zero attached hydrogens (tertiary/aromatic N) is 6. The van der Waals surface area contributed by atoms with E-state index < -0.39 is 17.3 Å². The van der Waals surface area contributed by atoms with E-state index in [2.05, 4.69) is 30.4 Å². The Hall–Kier alpha value is -3.77. The number of rotatable bonds is 8. The van der Waals surface area contributed by atoms with Crippen molar-refractivity contribution in [3.8, 4) is 16.9 Å². The molecule has 44 heavy (non-hydrogen) atoms. The molecule has 12 heteroatoms. The Balaban J connectivity index is 1.85. The summed E-state index contributed by atoms with van der Waals surface area (Å²) >= 11 is 2.73. The number of carbonyl (C=O) groups is 1. The molecule has 4 heterocycles. The van der Waals surface area contributed by atoms with Gasteiger partial charge in [0.25, 0.3) is 0 Å². The molecule has 0 radical (unpaired) electrons. The van der Waals surface area contributed by atoms with E-state index in [1.807, 2.05) is 24.1 Å². The smallest absolute Gasteiger partial charge is 0.350 e. The van der Waals surface area contributed by atoms with Crippen LogP contribution in [-0.2, 0) is 11.2 Å². The van der Waals surface area contributed by atoms with E-state index in [4.69, 9.17) is 4.98 Å². The maximum Gasteiger partial charge on any atom is 0.355 e. The predicted molar refractivity (Wildman–Crippen MR) is 174 cm³/mol. The third-order valence-electron chi connectivity index (χ3n) is 7.63. The third-order valence-corrected chi connectivity index (χ3v) is 9.18. The molecule has 5 rings (SSSR count). The zero-order chi connectivity index (χ0) is 31.7. The Morgan fingerprint density at radius 1 is 1.11 bits per heavy atom. The summed E-state index contributed by atoms with van der Waals surface area (Å²) in [5.41, 5.74) is 0.581. The number of anilines is 1. The van der Waals surface area contributed by atoms with Crippen molar-refractivity contribution in [1.82, 2.24) is 24.4 Å². The summed E-state index contributed by atoms with van der Waals surface area (Å²) in [6.45, 7) is 10.7. The number of hydrogen-bond acceptors (Lipinski definition) is 8. The number of fused-ring (bicyclic) bond motifs is 1. The van der Waals surface area contributed by atoms with Crippen molar-refractivity contribution in [2.45, 2.75) is 43.0 Å². The maximum absolute atomic E-state index is 16.1. The van der Waals surface area contributed by atoms with Gasteiger partial charge in [0.05, 0.1) is 22.3 Å². The van der Waals surface area contributed by atoms with E-state index >= 15 is 8.78 Å². The van der Waals surface area contributed by atoms with Crippen LogP contribution < -0.4 is 10.6 Å². The van der Waals surface area contributed by atoms with Gasteiger partial charge in [0, 0.05) is 41.7 Å². The van der Waals surface area contributed by atoms with Crippen LogP contribution in [0.2, 0.25) is 0 Å². The molecule has 0 spiro atoms. The number of aromatic nitrogens is 4. The molecule has 1 atom stereocenters. The zero-order valence-electron chi connectivity index (χ0n) is 25.3. The minimum absolute atomic E-state index is 0.0281. The highest BCUT2D eigenvalue weighted by atomic mass is 32.2. The lowest BCUT2D eigenvalue weighted by Gasteiger charge is -2.40. The molecule has 0 aliphatic carbocycles. The lowest BCUT2D eigenvalue weighted by atomic mass is 10.1. The van der Waals surface area contributed by atoms with Gasteiger partial charge in [-0.05, 0) is 62.1 Å². The van der Waals surface area contributed by atoms with Crippen LogP contribution in [0.3, 0.4) is 0 Å². The molecule has 0 saturated carbocycles. The van der Waals surface area contributed by atoms with Crippen LogP contribution in [0.25, 0.3) is 28.0 Å². The van der Waals surface area contributed by atoms with Crippen molar-refractivity contribution in [1.29, 1.82) is 0 Å². The summed E-state index contributed by atoms with van der Waals surface area (Å²) in [6, 6.07) is 7.41. The van der Waals surface area contributed by atoms with E-state index in [9.17, 15) is 9.59 Å². The Kier molecular flexibility index (Phi) is 9.40. The van der Waals surface area contributed by atoms with Crippen LogP contribution in [0.15, 0.2) is 63.8 Å². The lowest BCUT2D eigenvalue weighted by molar-refractivity contribution is -0.126. The van der Waals surface area contributed by atoms with E-state index in [0.717, 1.165) is 4.90 Å². The van der Waals surface area contributed by atoms with Gasteiger partial charge in [0.15, 0.2) is 11.5 Å². The molecular formula is C32H34F2N6O2S2. The molecule has 1 fully saturated rings. The Bertz CT molecular complexity index is 1810. The first-order chi connectivity index (χ1) is 21.1. The highest BCUT2D eigenvalue weighted by Gasteiger charge is 2.31. The number of hydrogen-bond donors (Lipinski definition) is 0. The average Bonchev–Trinajstić information content (AvgIpc) is 3.00. The summed E-state index contributed by atoms with van der Waals surface area (Å²) < 4.78 is 32.9. The monoisotopic (exact) mass is 636 g/mol. The number of benzene rings is 1. The molecule has 1 aromatic carbocycles. The van der Waals surface area contributed by atoms with E-state index in [-0.39, 0.29) is 40.6 Å². The quantitative estimate of drug-likeness (QED) is 0.172. The Morgan fingerprint density at radius 2 is 1.86 bits per heavy atom. The first-order valence-electron chi connectivity index (χ1n) is 14.3. The molecular weight excluding hydrogens is 603 g/mol. The molecule has 1 aliphatic rings. The minimum atomic E-state index is -0.738. The fourth-order valence-corrected chi connectivity index (χ4v) is 6.84. The van der Waals surface area contributed by atoms with Gasteiger partial charge in [0.1, 0.15) is 17.3 Å². The van der Waals surface area contributed by atoms with Gasteiger partial charge in [-0.2, -0.15) is 4.98 Å². The Morgan fingerprint density at radius 3 is 2.52 bits per heavy atom. The molecule has 4 aromatic rings. The van der Waals surface area contributed by atoms with Crippen LogP contribution >= 0.6 is 23.5 Å². The van der Waals surface area contributed by atoms with Gasteiger partial charge in [-0.1, -0.05) is 26.5 Å². The number of carbonyl (C=O) groups excluding carboxylic acids is 1. The van der Waals surface area contributed by atoms with Crippen LogP contribution in [0, 0.1) is 17.6 Å². The SMILES string of the molecule is C=CC(=O)N1CCN(c2nc(=O)n(-c3c(SC)ccnc3CC(C)C)c3nc(-c4c(F)cccc4SC)c(F)cc23)[C@@H](C)C1. The maximum atomic E-state index is 16.1. The van der Waals surface area contributed by atoms with Gasteiger partial charge < -0.3 is 9.80 Å². The first-order valence-corrected chi connectivity index (χ1v) is 16.7. The van der Waals surface area contributed by atoms with E-state index in [0.29, 0.717) is 47.7 Å². The summed E-state index contributed by atoms with van der Waals surface area (Å²) in [6.07, 6.45) is 7.24. The van der Waals surface area contributed by atoms with E-state index in [1.54, 1.807) is 29.5 Å². The summed E-state index contributed by atoms with van der Waals surface area (Å²) in [4.78, 5) is 45.2. The topological polar surface area (TPSA) is 84.2 Å². The highest BCUT2D eigenvalue weighted by Crippen LogP contribution is 2.37. The molecule has 230 valence electrons. The largest absolute Gasteiger partial charge is 0.355 e. The molecule has 0 unspecified atom stereocenters. The predicted octanol–water partition coefficient (Wildman–Crippen LogP) is 5.99. The standard InChI is InChI=1S/C32H34F2N6O2S2/c1-7-26(41)38-13-14-39(19(4)17-38)30-20-16-22(34)28(27-21(33)9-8-10-24(27)43-5)36-31(20)40(32(42)37-30)29-23(15-18(2)3)35-12-11-25(29)44-6/h7-12,16,18-19H,1,13-15,17H2,2-6H3/t19-/m0/s1. The fraction of sp³-hybridized carbons (Fsp3) is 0.344. The molecule has 1 saturated heterocycles. The molecule has 0 bridgehead atoms. The van der Waals surface area contributed by atoms with Crippen molar-refractivity contribution in [3.05, 3.63) is 77.0 Å². The molecule has 1 amide bonds. The highest BCUT2D eigenvalue weighted by molar-refractivity contribution is 7.99. The summed E-state index contributed by atoms with van der Waals surface area (Å²) in [7, 11) is 0. The normalized spacial score (nSPS) is 15.3. The third kappa shape index (κ3) is 5.84. The number of piperazine rings is 1. The molecule has 8 nitrogen and oxygen atoms in total. The van der Waals surface area contributed by atoms with Crippen molar-refractivity contribution in [3.63, 3.8) is 0 Å².